The zero-order chi connectivity index (χ0) is 20.7. The molecule has 3 saturated heterocycles. The first-order chi connectivity index (χ1) is 14.5. The Kier molecular flexibility index (Phi) is 3.88. The summed E-state index contributed by atoms with van der Waals surface area (Å²) >= 11 is 0. The van der Waals surface area contributed by atoms with Gasteiger partial charge in [0.1, 0.15) is 23.9 Å². The van der Waals surface area contributed by atoms with Crippen molar-refractivity contribution in [3.8, 4) is 0 Å². The third-order valence-corrected chi connectivity index (χ3v) is 7.48. The third kappa shape index (κ3) is 2.35. The highest BCUT2D eigenvalue weighted by atomic mass is 16.7. The van der Waals surface area contributed by atoms with Crippen LogP contribution in [0.3, 0.4) is 0 Å². The van der Waals surface area contributed by atoms with Crippen LogP contribution in [0.15, 0.2) is 42.0 Å². The topological polar surface area (TPSA) is 83.6 Å². The van der Waals surface area contributed by atoms with E-state index < -0.39 is 29.5 Å². The number of esters is 1. The van der Waals surface area contributed by atoms with Crippen molar-refractivity contribution in [2.75, 3.05) is 13.2 Å². The minimum absolute atomic E-state index is 0.0377. The predicted molar refractivity (Wildman–Crippen MR) is 102 cm³/mol. The van der Waals surface area contributed by atoms with Gasteiger partial charge >= 0.3 is 5.97 Å². The lowest BCUT2D eigenvalue weighted by molar-refractivity contribution is -0.315. The van der Waals surface area contributed by atoms with Crippen LogP contribution in [0, 0.1) is 11.3 Å². The van der Waals surface area contributed by atoms with E-state index in [0.29, 0.717) is 25.2 Å². The van der Waals surface area contributed by atoms with Crippen LogP contribution < -0.4 is 0 Å². The summed E-state index contributed by atoms with van der Waals surface area (Å²) in [7, 11) is 0. The minimum atomic E-state index is -0.705. The molecule has 3 aliphatic heterocycles. The Morgan fingerprint density at radius 3 is 2.63 bits per heavy atom. The van der Waals surface area contributed by atoms with Gasteiger partial charge in [0.25, 0.3) is 0 Å². The number of benzene rings is 1. The van der Waals surface area contributed by atoms with E-state index >= 15 is 0 Å². The van der Waals surface area contributed by atoms with Crippen LogP contribution in [0.25, 0.3) is 0 Å². The van der Waals surface area contributed by atoms with Crippen LogP contribution in [-0.4, -0.2) is 55.0 Å². The summed E-state index contributed by atoms with van der Waals surface area (Å²) in [6.45, 7) is 4.05. The zero-order valence-electron chi connectivity index (χ0n) is 16.9. The highest BCUT2D eigenvalue weighted by molar-refractivity contribution is 6.00. The Morgan fingerprint density at radius 2 is 1.93 bits per heavy atom. The molecule has 8 atom stereocenters. The van der Waals surface area contributed by atoms with Crippen molar-refractivity contribution in [3.63, 3.8) is 0 Å². The number of Topliss-reactive ketones (excluding diaryl/α,β-unsaturated/α-hetero) is 1. The summed E-state index contributed by atoms with van der Waals surface area (Å²) in [6.07, 6.45) is 0.0478. The first kappa shape index (κ1) is 18.7. The maximum Gasteiger partial charge on any atom is 0.302 e. The first-order valence-electron chi connectivity index (χ1n) is 10.5. The molecule has 1 aromatic carbocycles. The van der Waals surface area contributed by atoms with Crippen molar-refractivity contribution in [2.24, 2.45) is 11.3 Å². The smallest absolute Gasteiger partial charge is 0.302 e. The molecule has 7 nitrogen and oxygen atoms in total. The van der Waals surface area contributed by atoms with Gasteiger partial charge in [0.15, 0.2) is 12.1 Å². The number of ketones is 1. The molecule has 0 N–H and O–H groups in total. The number of ether oxygens (including phenoxy) is 5. The molecule has 6 rings (SSSR count). The zero-order valence-corrected chi connectivity index (χ0v) is 16.9. The van der Waals surface area contributed by atoms with E-state index in [1.165, 1.54) is 6.92 Å². The summed E-state index contributed by atoms with van der Waals surface area (Å²) in [5, 5.41) is 0. The van der Waals surface area contributed by atoms with E-state index in [1.807, 2.05) is 36.4 Å². The molecular formula is C23H24O7. The van der Waals surface area contributed by atoms with E-state index in [4.69, 9.17) is 23.7 Å². The molecule has 5 aliphatic rings. The lowest BCUT2D eigenvalue weighted by atomic mass is 9.58. The fourth-order valence-corrected chi connectivity index (χ4v) is 6.10. The maximum atomic E-state index is 13.3. The van der Waals surface area contributed by atoms with E-state index in [2.05, 4.69) is 0 Å². The Labute approximate surface area is 174 Å². The molecule has 0 amide bonds. The number of epoxide rings is 1. The quantitative estimate of drug-likeness (QED) is 0.543. The fraction of sp³-hybridized carbons (Fsp3) is 0.565. The van der Waals surface area contributed by atoms with Gasteiger partial charge in [-0.2, -0.15) is 0 Å². The molecule has 2 spiro atoms. The summed E-state index contributed by atoms with van der Waals surface area (Å²) in [6, 6.07) is 9.64. The monoisotopic (exact) mass is 412 g/mol. The second-order valence-electron chi connectivity index (χ2n) is 9.05. The van der Waals surface area contributed by atoms with Gasteiger partial charge in [-0.15, -0.1) is 0 Å². The summed E-state index contributed by atoms with van der Waals surface area (Å²) < 4.78 is 30.6. The molecule has 3 unspecified atom stereocenters. The van der Waals surface area contributed by atoms with Crippen LogP contribution in [0.4, 0.5) is 0 Å². The number of carbonyl (C=O) groups excluding carboxylic acids is 2. The molecule has 2 bridgehead atoms. The molecule has 0 aromatic heterocycles. The maximum absolute atomic E-state index is 13.3. The molecule has 3 heterocycles. The van der Waals surface area contributed by atoms with E-state index in [0.717, 1.165) is 5.56 Å². The van der Waals surface area contributed by atoms with Gasteiger partial charge in [0, 0.05) is 18.4 Å². The van der Waals surface area contributed by atoms with E-state index in [9.17, 15) is 9.59 Å². The third-order valence-electron chi connectivity index (χ3n) is 7.48. The average Bonchev–Trinajstić information content (AvgIpc) is 3.48. The second kappa shape index (κ2) is 6.23. The number of hydrogen-bond donors (Lipinski definition) is 0. The summed E-state index contributed by atoms with van der Waals surface area (Å²) in [5.41, 5.74) is 0.259. The van der Waals surface area contributed by atoms with Crippen LogP contribution in [0.2, 0.25) is 0 Å². The van der Waals surface area contributed by atoms with Crippen LogP contribution >= 0.6 is 0 Å². The second-order valence-corrected chi connectivity index (χ2v) is 9.05. The highest BCUT2D eigenvalue weighted by Crippen LogP contribution is 2.66. The van der Waals surface area contributed by atoms with Crippen molar-refractivity contribution in [1.82, 2.24) is 0 Å². The number of rotatable bonds is 2. The normalized spacial score (nSPS) is 46.1. The van der Waals surface area contributed by atoms with Gasteiger partial charge in [-0.3, -0.25) is 9.59 Å². The van der Waals surface area contributed by atoms with Crippen LogP contribution in [0.5, 0.6) is 0 Å². The first-order valence-corrected chi connectivity index (χ1v) is 10.5. The number of carbonyl (C=O) groups is 2. The predicted octanol–water partition coefficient (Wildman–Crippen LogP) is 2.10. The van der Waals surface area contributed by atoms with Crippen molar-refractivity contribution < 1.29 is 33.3 Å². The minimum Gasteiger partial charge on any atom is -0.460 e. The van der Waals surface area contributed by atoms with Gasteiger partial charge in [-0.25, -0.2) is 0 Å². The van der Waals surface area contributed by atoms with Gasteiger partial charge in [0.2, 0.25) is 0 Å². The SMILES string of the molecule is CC(=O)O[C@@H]1CC2[C@@]3(CO3)C1OC1C=C(C)C(=O)[C@H]3O[C@H](c4ccccc4)OC[C@]123. The van der Waals surface area contributed by atoms with Gasteiger partial charge in [-0.05, 0) is 25.0 Å². The summed E-state index contributed by atoms with van der Waals surface area (Å²) in [5.74, 6) is -0.440. The van der Waals surface area contributed by atoms with Crippen LogP contribution in [-0.2, 0) is 33.3 Å². The highest BCUT2D eigenvalue weighted by Gasteiger charge is 2.79. The molecule has 158 valence electrons. The standard InChI is InChI=1S/C23H24O7/c1-12-8-17-22(16-9-15(28-13(2)24)19(29-17)23(16)11-27-23)10-26-21(30-20(22)18(12)25)14-6-4-3-5-7-14/h3-8,15-17,19-21H,9-11H2,1-2H3/t15-,16?,17?,19?,20-,21-,22-,23+/m1/s1. The molecule has 2 aliphatic carbocycles. The lowest BCUT2D eigenvalue weighted by Gasteiger charge is -2.57. The van der Waals surface area contributed by atoms with Gasteiger partial charge < -0.3 is 23.7 Å². The van der Waals surface area contributed by atoms with Crippen molar-refractivity contribution in [1.29, 1.82) is 0 Å². The van der Waals surface area contributed by atoms with Gasteiger partial charge in [-0.1, -0.05) is 30.3 Å². The average molecular weight is 412 g/mol. The molecule has 30 heavy (non-hydrogen) atoms. The molecule has 7 heteroatoms. The Morgan fingerprint density at radius 1 is 1.17 bits per heavy atom. The molecule has 0 radical (unpaired) electrons. The summed E-state index contributed by atoms with van der Waals surface area (Å²) in [4.78, 5) is 25.0. The largest absolute Gasteiger partial charge is 0.460 e. The lowest BCUT2D eigenvalue weighted by Crippen LogP contribution is -2.68. The van der Waals surface area contributed by atoms with E-state index in [1.54, 1.807) is 6.92 Å². The molecule has 1 saturated carbocycles. The van der Waals surface area contributed by atoms with Crippen molar-refractivity contribution >= 4 is 11.8 Å². The molecule has 4 fully saturated rings. The Balaban J connectivity index is 1.41. The molecular weight excluding hydrogens is 388 g/mol. The Bertz CT molecular complexity index is 936. The number of hydrogen-bond acceptors (Lipinski definition) is 7. The van der Waals surface area contributed by atoms with Crippen molar-refractivity contribution in [2.45, 2.75) is 56.6 Å². The van der Waals surface area contributed by atoms with E-state index in [-0.39, 0.29) is 29.9 Å². The van der Waals surface area contributed by atoms with Gasteiger partial charge in [0.05, 0.1) is 24.7 Å². The molecule has 1 aromatic rings. The van der Waals surface area contributed by atoms with Crippen molar-refractivity contribution in [3.05, 3.63) is 47.5 Å². The Hall–Kier alpha value is -2.06. The fourth-order valence-electron chi connectivity index (χ4n) is 6.10. The van der Waals surface area contributed by atoms with Crippen LogP contribution in [0.1, 0.15) is 32.1 Å².